The van der Waals surface area contributed by atoms with E-state index in [1.165, 1.54) is 4.90 Å². The highest BCUT2D eigenvalue weighted by Crippen LogP contribution is 2.52. The van der Waals surface area contributed by atoms with Gasteiger partial charge in [-0.25, -0.2) is 9.98 Å². The van der Waals surface area contributed by atoms with Gasteiger partial charge in [-0.1, -0.05) is 111 Å². The third-order valence-corrected chi connectivity index (χ3v) is 11.7. The van der Waals surface area contributed by atoms with E-state index in [1.807, 2.05) is 116 Å². The van der Waals surface area contributed by atoms with E-state index < -0.39 is 11.1 Å². The van der Waals surface area contributed by atoms with Gasteiger partial charge in [0.25, 0.3) is 11.8 Å². The average Bonchev–Trinajstić information content (AvgIpc) is 3.56. The Morgan fingerprint density at radius 1 is 0.712 bits per heavy atom. The minimum atomic E-state index is -1.03. The van der Waals surface area contributed by atoms with Gasteiger partial charge in [-0.3, -0.25) is 19.4 Å². The largest absolute Gasteiger partial charge is 0.485 e. The SMILES string of the molecule is CCN1C(=O)C2(CC(c3ccccc3)Oc3ccc(Br)cc32)N=C1N.CCSC1=NC2(CC(c3ccccc3)Oc3ccc(Br)cc32)C(=O)N1CC. The zero-order valence-electron chi connectivity index (χ0n) is 29.1. The molecule has 2 N–H and O–H groups in total. The van der Waals surface area contributed by atoms with Crippen LogP contribution in [0, 0.1) is 0 Å². The molecule has 0 aromatic heterocycles. The fourth-order valence-corrected chi connectivity index (χ4v) is 8.93. The number of carbonyl (C=O) groups excluding carboxylic acids is 2. The van der Waals surface area contributed by atoms with Crippen molar-refractivity contribution in [1.29, 1.82) is 0 Å². The molecule has 4 unspecified atom stereocenters. The second-order valence-electron chi connectivity index (χ2n) is 12.8. The zero-order valence-corrected chi connectivity index (χ0v) is 33.1. The number of ether oxygens (including phenoxy) is 2. The summed E-state index contributed by atoms with van der Waals surface area (Å²) in [5.74, 6) is 2.51. The van der Waals surface area contributed by atoms with Gasteiger partial charge in [-0.15, -0.1) is 0 Å². The molecule has 52 heavy (non-hydrogen) atoms. The fraction of sp³-hybridized carbons (Fsp3) is 0.300. The number of aliphatic imine (C=N–C) groups is 2. The third kappa shape index (κ3) is 6.32. The maximum atomic E-state index is 13.6. The number of amides is 2. The maximum absolute atomic E-state index is 13.6. The smallest absolute Gasteiger partial charge is 0.262 e. The van der Waals surface area contributed by atoms with Crippen molar-refractivity contribution >= 4 is 66.6 Å². The Labute approximate surface area is 324 Å². The monoisotopic (exact) mass is 843 g/mol. The van der Waals surface area contributed by atoms with Crippen molar-refractivity contribution in [2.75, 3.05) is 18.8 Å². The van der Waals surface area contributed by atoms with Crippen LogP contribution in [0.25, 0.3) is 0 Å². The summed E-state index contributed by atoms with van der Waals surface area (Å²) in [5.41, 5.74) is 7.80. The van der Waals surface area contributed by atoms with Crippen molar-refractivity contribution in [3.8, 4) is 11.5 Å². The van der Waals surface area contributed by atoms with Crippen LogP contribution < -0.4 is 15.2 Å². The van der Waals surface area contributed by atoms with E-state index in [1.54, 1.807) is 11.8 Å². The molecule has 4 aromatic rings. The molecule has 4 aromatic carbocycles. The summed E-state index contributed by atoms with van der Waals surface area (Å²) >= 11 is 8.65. The predicted octanol–water partition coefficient (Wildman–Crippen LogP) is 8.48. The van der Waals surface area contributed by atoms with Crippen LogP contribution in [-0.4, -0.2) is 51.6 Å². The molecule has 4 heterocycles. The number of likely N-dealkylation sites (N-methyl/N-ethyl adjacent to an activating group) is 2. The Hall–Kier alpha value is -4.13. The number of benzene rings is 4. The Balaban J connectivity index is 0.000000162. The molecule has 0 saturated heterocycles. The molecule has 4 atom stereocenters. The van der Waals surface area contributed by atoms with Crippen LogP contribution in [0.3, 0.4) is 0 Å². The van der Waals surface area contributed by atoms with Gasteiger partial charge in [-0.2, -0.15) is 0 Å². The standard InChI is InChI=1S/C21H21BrN2O2S.C19H18BrN3O2/c1-3-24-19(25)21(23-20(24)27-4-2)13-18(14-8-6-5-7-9-14)26-17-11-10-15(22)12-16(17)21;1-2-23-17(24)19(22-18(23)21)11-16(12-6-4-3-5-7-12)25-15-9-8-13(20)10-14(15)19/h5-12,18H,3-4,13H2,1-2H3;3-10,16H,2,11H2,1H3,(H2,21,22). The number of thioether (sulfide) groups is 1. The van der Waals surface area contributed by atoms with Crippen molar-refractivity contribution in [3.63, 3.8) is 0 Å². The minimum Gasteiger partial charge on any atom is -0.485 e. The van der Waals surface area contributed by atoms with Crippen molar-refractivity contribution < 1.29 is 19.1 Å². The summed E-state index contributed by atoms with van der Waals surface area (Å²) < 4.78 is 14.3. The molecule has 0 radical (unpaired) electrons. The van der Waals surface area contributed by atoms with Crippen LogP contribution >= 0.6 is 43.6 Å². The number of nitrogens with zero attached hydrogens (tertiary/aromatic N) is 4. The number of amidine groups is 1. The number of nitrogens with two attached hydrogens (primary N) is 1. The summed E-state index contributed by atoms with van der Waals surface area (Å²) in [6.45, 7) is 7.09. The van der Waals surface area contributed by atoms with Crippen LogP contribution in [-0.2, 0) is 20.7 Å². The van der Waals surface area contributed by atoms with E-state index in [2.05, 4.69) is 43.8 Å². The van der Waals surface area contributed by atoms with E-state index in [-0.39, 0.29) is 30.0 Å². The molecule has 0 aliphatic carbocycles. The van der Waals surface area contributed by atoms with Gasteiger partial charge >= 0.3 is 0 Å². The van der Waals surface area contributed by atoms with Gasteiger partial charge < -0.3 is 15.2 Å². The molecular weight excluding hydrogens is 806 g/mol. The van der Waals surface area contributed by atoms with Gasteiger partial charge in [0.2, 0.25) is 0 Å². The lowest BCUT2D eigenvalue weighted by atomic mass is 9.80. The molecule has 9 nitrogen and oxygen atoms in total. The molecule has 268 valence electrons. The van der Waals surface area contributed by atoms with Crippen LogP contribution in [0.4, 0.5) is 0 Å². The number of guanidine groups is 1. The highest BCUT2D eigenvalue weighted by Gasteiger charge is 2.55. The fourth-order valence-electron chi connectivity index (χ4n) is 7.36. The first-order valence-electron chi connectivity index (χ1n) is 17.4. The molecule has 2 amide bonds. The summed E-state index contributed by atoms with van der Waals surface area (Å²) in [6, 6.07) is 31.5. The normalized spacial score (nSPS) is 24.4. The first-order chi connectivity index (χ1) is 25.1. The molecule has 0 fully saturated rings. The highest BCUT2D eigenvalue weighted by atomic mass is 79.9. The number of fused-ring (bicyclic) bond motifs is 4. The minimum absolute atomic E-state index is 0.0459. The first-order valence-corrected chi connectivity index (χ1v) is 20.0. The quantitative estimate of drug-likeness (QED) is 0.216. The lowest BCUT2D eigenvalue weighted by Gasteiger charge is -2.37. The van der Waals surface area contributed by atoms with Crippen LogP contribution in [0.5, 0.6) is 11.5 Å². The zero-order chi connectivity index (χ0) is 36.6. The molecule has 2 spiro atoms. The predicted molar refractivity (Wildman–Crippen MR) is 212 cm³/mol. The van der Waals surface area contributed by atoms with Crippen LogP contribution in [0.2, 0.25) is 0 Å². The summed E-state index contributed by atoms with van der Waals surface area (Å²) in [6.07, 6.45) is 0.463. The lowest BCUT2D eigenvalue weighted by molar-refractivity contribution is -0.133. The van der Waals surface area contributed by atoms with Gasteiger partial charge in [0.15, 0.2) is 22.2 Å². The molecular formula is C40H39Br2N5O4S. The second-order valence-corrected chi connectivity index (χ2v) is 15.9. The molecule has 8 rings (SSSR count). The first kappa shape index (κ1) is 36.2. The van der Waals surface area contributed by atoms with E-state index in [4.69, 9.17) is 20.2 Å². The van der Waals surface area contributed by atoms with Crippen LogP contribution in [0.15, 0.2) is 116 Å². The summed E-state index contributed by atoms with van der Waals surface area (Å²) in [7, 11) is 0. The number of rotatable bonds is 5. The van der Waals surface area contributed by atoms with Gasteiger partial charge in [0.05, 0.1) is 0 Å². The molecule has 0 bridgehead atoms. The van der Waals surface area contributed by atoms with Gasteiger partial charge in [0.1, 0.15) is 23.7 Å². The van der Waals surface area contributed by atoms with Crippen LogP contribution in [0.1, 0.15) is 68.1 Å². The number of halogens is 2. The van der Waals surface area contributed by atoms with Gasteiger partial charge in [-0.05, 0) is 67.1 Å². The second kappa shape index (κ2) is 14.7. The summed E-state index contributed by atoms with van der Waals surface area (Å²) in [5, 5.41) is 0.810. The maximum Gasteiger partial charge on any atom is 0.262 e. The number of carbonyl (C=O) groups is 2. The van der Waals surface area contributed by atoms with Crippen molar-refractivity contribution in [2.45, 2.75) is 56.9 Å². The van der Waals surface area contributed by atoms with E-state index >= 15 is 0 Å². The number of hydrogen-bond donors (Lipinski definition) is 1. The van der Waals surface area contributed by atoms with E-state index in [9.17, 15) is 9.59 Å². The van der Waals surface area contributed by atoms with Crippen molar-refractivity contribution in [3.05, 3.63) is 128 Å². The Morgan fingerprint density at radius 2 is 1.17 bits per heavy atom. The third-order valence-electron chi connectivity index (χ3n) is 9.82. The molecule has 0 saturated carbocycles. The number of hydrogen-bond acceptors (Lipinski definition) is 8. The Bertz CT molecular complexity index is 2070. The van der Waals surface area contributed by atoms with E-state index in [0.29, 0.717) is 31.7 Å². The van der Waals surface area contributed by atoms with Crippen molar-refractivity contribution in [2.24, 2.45) is 15.7 Å². The van der Waals surface area contributed by atoms with Crippen molar-refractivity contribution in [1.82, 2.24) is 9.80 Å². The Kier molecular flexibility index (Phi) is 10.3. The van der Waals surface area contributed by atoms with Gasteiger partial charge in [0, 0.05) is 46.0 Å². The average molecular weight is 846 g/mol. The molecule has 4 aliphatic rings. The topological polar surface area (TPSA) is 110 Å². The van der Waals surface area contributed by atoms with E-state index in [0.717, 1.165) is 47.9 Å². The Morgan fingerprint density at radius 3 is 1.62 bits per heavy atom. The molecule has 12 heteroatoms. The lowest BCUT2D eigenvalue weighted by Crippen LogP contribution is -2.45. The molecule has 4 aliphatic heterocycles. The summed E-state index contributed by atoms with van der Waals surface area (Å²) in [4.78, 5) is 39.8. The highest BCUT2D eigenvalue weighted by molar-refractivity contribution is 9.10.